The van der Waals surface area contributed by atoms with Crippen molar-refractivity contribution >= 4 is 12.0 Å². The van der Waals surface area contributed by atoms with Crippen molar-refractivity contribution in [3.05, 3.63) is 82.7 Å². The largest absolute Gasteiger partial charge is 0.495 e. The highest BCUT2D eigenvalue weighted by Gasteiger charge is 2.31. The molecule has 1 aliphatic rings. The quantitative estimate of drug-likeness (QED) is 0.429. The van der Waals surface area contributed by atoms with E-state index in [1.54, 1.807) is 25.6 Å². The number of nitrogens with zero attached hydrogens (tertiary/aromatic N) is 3. The topological polar surface area (TPSA) is 67.6 Å². The molecule has 9 heteroatoms. The van der Waals surface area contributed by atoms with Crippen molar-refractivity contribution in [2.24, 2.45) is 0 Å². The molecule has 3 aromatic rings. The molecule has 34 heavy (non-hydrogen) atoms. The first-order valence-corrected chi connectivity index (χ1v) is 10.8. The number of aliphatic hydroxyl groups is 1. The molecule has 0 unspecified atom stereocenters. The zero-order chi connectivity index (χ0) is 24.4. The minimum Gasteiger partial charge on any atom is -0.495 e. The van der Waals surface area contributed by atoms with Gasteiger partial charge in [-0.3, -0.25) is 4.79 Å². The van der Waals surface area contributed by atoms with Crippen LogP contribution < -0.4 is 4.74 Å². The Morgan fingerprint density at radius 3 is 2.56 bits per heavy atom. The number of benzene rings is 2. The van der Waals surface area contributed by atoms with Gasteiger partial charge in [0.1, 0.15) is 5.75 Å². The van der Waals surface area contributed by atoms with Crippen LogP contribution in [0.15, 0.2) is 48.4 Å². The van der Waals surface area contributed by atoms with E-state index in [2.05, 4.69) is 4.98 Å². The lowest BCUT2D eigenvalue weighted by Crippen LogP contribution is -2.41. The van der Waals surface area contributed by atoms with Gasteiger partial charge < -0.3 is 19.3 Å². The van der Waals surface area contributed by atoms with Crippen LogP contribution in [0.5, 0.6) is 5.75 Å². The molecular formula is C25H24F3N3O3. The van der Waals surface area contributed by atoms with Gasteiger partial charge in [-0.05, 0) is 61.2 Å². The number of carbonyl (C=O) groups excluding carboxylic acids is 1. The Hall–Kier alpha value is -3.59. The van der Waals surface area contributed by atoms with Crippen molar-refractivity contribution in [3.63, 3.8) is 0 Å². The van der Waals surface area contributed by atoms with E-state index in [1.807, 2.05) is 29.8 Å². The van der Waals surface area contributed by atoms with Gasteiger partial charge in [0, 0.05) is 18.3 Å². The fourth-order valence-electron chi connectivity index (χ4n) is 4.17. The van der Waals surface area contributed by atoms with Crippen LogP contribution in [0.2, 0.25) is 0 Å². The number of ether oxygens (including phenoxy) is 1. The van der Waals surface area contributed by atoms with E-state index in [-0.39, 0.29) is 11.5 Å². The molecule has 1 fully saturated rings. The van der Waals surface area contributed by atoms with Gasteiger partial charge in [0.2, 0.25) is 5.91 Å². The molecule has 6 nitrogen and oxygen atoms in total. The van der Waals surface area contributed by atoms with Crippen LogP contribution in [-0.2, 0) is 4.79 Å². The number of halogens is 3. The third-order valence-corrected chi connectivity index (χ3v) is 5.86. The minimum absolute atomic E-state index is 0.00449. The van der Waals surface area contributed by atoms with Gasteiger partial charge in [0.25, 0.3) is 0 Å². The van der Waals surface area contributed by atoms with Crippen molar-refractivity contribution in [1.82, 2.24) is 14.5 Å². The van der Waals surface area contributed by atoms with E-state index in [1.165, 1.54) is 4.90 Å². The molecule has 0 spiro atoms. The van der Waals surface area contributed by atoms with Crippen molar-refractivity contribution in [2.75, 3.05) is 20.3 Å². The first-order valence-electron chi connectivity index (χ1n) is 10.8. The number of rotatable bonds is 6. The summed E-state index contributed by atoms with van der Waals surface area (Å²) in [5.74, 6) is -4.08. The summed E-state index contributed by atoms with van der Waals surface area (Å²) in [4.78, 5) is 18.8. The molecule has 0 aliphatic carbocycles. The lowest BCUT2D eigenvalue weighted by atomic mass is 9.96. The fourth-order valence-corrected chi connectivity index (χ4v) is 4.17. The molecule has 0 radical (unpaired) electrons. The van der Waals surface area contributed by atoms with E-state index in [0.29, 0.717) is 30.7 Å². The highest BCUT2D eigenvalue weighted by Crippen LogP contribution is 2.31. The van der Waals surface area contributed by atoms with E-state index in [9.17, 15) is 23.1 Å². The molecule has 0 saturated carbocycles. The second kappa shape index (κ2) is 9.72. The number of aliphatic hydroxyl groups excluding tert-OH is 1. The van der Waals surface area contributed by atoms with E-state index >= 15 is 0 Å². The van der Waals surface area contributed by atoms with Crippen molar-refractivity contribution in [1.29, 1.82) is 0 Å². The van der Waals surface area contributed by atoms with Crippen LogP contribution in [-0.4, -0.2) is 45.7 Å². The first-order chi connectivity index (χ1) is 16.3. The summed E-state index contributed by atoms with van der Waals surface area (Å²) in [6.45, 7) is 1.62. The Labute approximate surface area is 194 Å². The predicted molar refractivity (Wildman–Crippen MR) is 120 cm³/mol. The number of aryl methyl sites for hydroxylation is 1. The number of imidazole rings is 1. The Kier molecular flexibility index (Phi) is 6.74. The average Bonchev–Trinajstić information content (AvgIpc) is 3.26. The monoisotopic (exact) mass is 471 g/mol. The molecule has 1 amide bonds. The summed E-state index contributed by atoms with van der Waals surface area (Å²) in [6.07, 6.45) is 6.40. The Morgan fingerprint density at radius 1 is 1.21 bits per heavy atom. The number of amides is 1. The molecule has 4 rings (SSSR count). The molecule has 2 heterocycles. The van der Waals surface area contributed by atoms with Gasteiger partial charge in [-0.15, -0.1) is 0 Å². The van der Waals surface area contributed by atoms with E-state index in [0.717, 1.165) is 29.1 Å². The lowest BCUT2D eigenvalue weighted by molar-refractivity contribution is -0.132. The van der Waals surface area contributed by atoms with Gasteiger partial charge in [-0.2, -0.15) is 0 Å². The number of hydrogen-bond acceptors (Lipinski definition) is 4. The third-order valence-electron chi connectivity index (χ3n) is 5.86. The molecule has 1 aliphatic heterocycles. The van der Waals surface area contributed by atoms with Gasteiger partial charge >= 0.3 is 0 Å². The van der Waals surface area contributed by atoms with E-state index in [4.69, 9.17) is 4.74 Å². The van der Waals surface area contributed by atoms with Crippen molar-refractivity contribution in [3.8, 4) is 11.4 Å². The zero-order valence-electron chi connectivity index (χ0n) is 18.8. The SMILES string of the molecule is COc1cc(/C=C2\CCCN([C@H](CO)c3cc(F)c(F)c(F)c3)C2=O)ccc1-n1cnc(C)c1. The van der Waals surface area contributed by atoms with Gasteiger partial charge in [0.15, 0.2) is 17.5 Å². The number of carbonyl (C=O) groups is 1. The summed E-state index contributed by atoms with van der Waals surface area (Å²) in [6, 6.07) is 6.14. The average molecular weight is 471 g/mol. The number of methoxy groups -OCH3 is 1. The maximum absolute atomic E-state index is 13.8. The highest BCUT2D eigenvalue weighted by molar-refractivity contribution is 5.98. The summed E-state index contributed by atoms with van der Waals surface area (Å²) in [7, 11) is 1.56. The number of likely N-dealkylation sites (tertiary alicyclic amines) is 1. The summed E-state index contributed by atoms with van der Waals surface area (Å²) < 4.78 is 48.3. The molecule has 1 atom stereocenters. The molecule has 178 valence electrons. The summed E-state index contributed by atoms with van der Waals surface area (Å²) >= 11 is 0. The Balaban J connectivity index is 1.63. The normalized spacial score (nSPS) is 16.2. The van der Waals surface area contributed by atoms with Crippen LogP contribution in [0.25, 0.3) is 11.8 Å². The summed E-state index contributed by atoms with van der Waals surface area (Å²) in [5, 5.41) is 9.91. The van der Waals surface area contributed by atoms with Gasteiger partial charge in [0.05, 0.1) is 37.5 Å². The van der Waals surface area contributed by atoms with Gasteiger partial charge in [-0.1, -0.05) is 6.07 Å². The van der Waals surface area contributed by atoms with Crippen LogP contribution >= 0.6 is 0 Å². The Bertz CT molecular complexity index is 1230. The molecule has 1 aromatic heterocycles. The second-order valence-corrected chi connectivity index (χ2v) is 8.12. The second-order valence-electron chi connectivity index (χ2n) is 8.12. The minimum atomic E-state index is -1.59. The maximum atomic E-state index is 13.8. The number of piperidine rings is 1. The maximum Gasteiger partial charge on any atom is 0.250 e. The zero-order valence-corrected chi connectivity index (χ0v) is 18.8. The molecular weight excluding hydrogens is 447 g/mol. The third kappa shape index (κ3) is 4.56. The fraction of sp³-hybridized carbons (Fsp3) is 0.280. The molecule has 1 saturated heterocycles. The standard InChI is InChI=1S/C25H24F3N3O3/c1-15-12-30(14-29-15)21-6-5-16(9-23(21)34-2)8-17-4-3-7-31(25(17)33)22(13-32)18-10-19(26)24(28)20(27)11-18/h5-6,8-12,14,22,32H,3-4,7,13H2,1-2H3/b17-8+/t22-/m1/s1. The van der Waals surface area contributed by atoms with E-state index < -0.39 is 30.1 Å². The van der Waals surface area contributed by atoms with Crippen LogP contribution in [0.4, 0.5) is 13.2 Å². The molecule has 0 bridgehead atoms. The molecule has 1 N–H and O–H groups in total. The van der Waals surface area contributed by atoms with Crippen molar-refractivity contribution in [2.45, 2.75) is 25.8 Å². The van der Waals surface area contributed by atoms with Crippen molar-refractivity contribution < 1.29 is 27.8 Å². The van der Waals surface area contributed by atoms with Crippen LogP contribution in [0, 0.1) is 24.4 Å². The smallest absolute Gasteiger partial charge is 0.250 e. The van der Waals surface area contributed by atoms with Crippen LogP contribution in [0.1, 0.15) is 35.7 Å². The lowest BCUT2D eigenvalue weighted by Gasteiger charge is -2.35. The molecule has 2 aromatic carbocycles. The predicted octanol–water partition coefficient (Wildman–Crippen LogP) is 4.35. The number of hydrogen-bond donors (Lipinski definition) is 1. The Morgan fingerprint density at radius 2 is 1.94 bits per heavy atom. The summed E-state index contributed by atoms with van der Waals surface area (Å²) in [5.41, 5.74) is 2.88. The number of aromatic nitrogens is 2. The van der Waals surface area contributed by atoms with Gasteiger partial charge in [-0.25, -0.2) is 18.2 Å². The first kappa shape index (κ1) is 23.6. The van der Waals surface area contributed by atoms with Crippen LogP contribution in [0.3, 0.4) is 0 Å². The highest BCUT2D eigenvalue weighted by atomic mass is 19.2.